The molecule has 0 spiro atoms. The molecule has 2 N–H and O–H groups in total. The first-order chi connectivity index (χ1) is 20.3. The smallest absolute Gasteiger partial charge is 0.258 e. The van der Waals surface area contributed by atoms with E-state index in [1.165, 1.54) is 23.5 Å². The van der Waals surface area contributed by atoms with Crippen LogP contribution in [-0.2, 0) is 13.0 Å². The van der Waals surface area contributed by atoms with Crippen LogP contribution in [0.25, 0.3) is 10.2 Å². The second-order valence-corrected chi connectivity index (χ2v) is 11.3. The molecule has 4 aromatic carbocycles. The Morgan fingerprint density at radius 3 is 2.76 bits per heavy atom. The Morgan fingerprint density at radius 2 is 1.90 bits per heavy atom. The Hall–Kier alpha value is -4.60. The number of nitrogens with zero attached hydrogens (tertiary/aromatic N) is 1. The van der Waals surface area contributed by atoms with E-state index in [0.29, 0.717) is 51.7 Å². The second kappa shape index (κ2) is 11.7. The molecule has 0 saturated carbocycles. The van der Waals surface area contributed by atoms with E-state index in [2.05, 4.69) is 10.3 Å². The summed E-state index contributed by atoms with van der Waals surface area (Å²) in [5.74, 6) is -0.397. The maximum absolute atomic E-state index is 13.5. The average molecular weight is 583 g/mol. The summed E-state index contributed by atoms with van der Waals surface area (Å²) in [6, 6.07) is 23.9. The summed E-state index contributed by atoms with van der Waals surface area (Å²) in [7, 11) is 0. The van der Waals surface area contributed by atoms with Gasteiger partial charge in [-0.3, -0.25) is 14.9 Å². The zero-order valence-electron chi connectivity index (χ0n) is 22.7. The van der Waals surface area contributed by atoms with Gasteiger partial charge in [0.2, 0.25) is 0 Å². The number of hydrogen-bond acceptors (Lipinski definition) is 7. The Kier molecular flexibility index (Phi) is 7.69. The summed E-state index contributed by atoms with van der Waals surface area (Å²) in [4.78, 5) is 29.9. The Labute approximate surface area is 245 Å². The van der Waals surface area contributed by atoms with Gasteiger partial charge in [-0.25, -0.2) is 9.37 Å². The predicted molar refractivity (Wildman–Crippen MR) is 157 cm³/mol. The van der Waals surface area contributed by atoms with Crippen LogP contribution in [0.5, 0.6) is 11.5 Å². The van der Waals surface area contributed by atoms with Gasteiger partial charge in [0.15, 0.2) is 0 Å². The van der Waals surface area contributed by atoms with Crippen molar-refractivity contribution in [2.24, 2.45) is 5.92 Å². The van der Waals surface area contributed by atoms with Crippen LogP contribution in [0.1, 0.15) is 48.5 Å². The Balaban J connectivity index is 1.11. The number of benzene rings is 4. The first-order valence-electron chi connectivity index (χ1n) is 13.5. The standard InChI is InChI=1S/C33H27FN2O5S/c1-19-5-2-3-8-25(19)33(39)36-32(38)21-7-4-6-20(13-21)14-22-17-41-28-11-10-24(16-26(28)31(22)37)40-18-30-35-27-15-23(34)9-12-29(27)42-30/h2-13,15-16,22,31,37H,14,17-18H2,1H3,(H,36,38,39). The highest BCUT2D eigenvalue weighted by molar-refractivity contribution is 7.18. The molecule has 0 saturated heterocycles. The van der Waals surface area contributed by atoms with Crippen molar-refractivity contribution >= 4 is 33.4 Å². The molecule has 2 atom stereocenters. The third kappa shape index (κ3) is 5.88. The number of imide groups is 1. The van der Waals surface area contributed by atoms with Crippen molar-refractivity contribution in [1.29, 1.82) is 0 Å². The number of fused-ring (bicyclic) bond motifs is 2. The van der Waals surface area contributed by atoms with E-state index in [4.69, 9.17) is 9.47 Å². The van der Waals surface area contributed by atoms with E-state index in [-0.39, 0.29) is 18.3 Å². The lowest BCUT2D eigenvalue weighted by Crippen LogP contribution is -2.31. The first-order valence-corrected chi connectivity index (χ1v) is 14.3. The topological polar surface area (TPSA) is 97.8 Å². The highest BCUT2D eigenvalue weighted by Crippen LogP contribution is 2.39. The van der Waals surface area contributed by atoms with Crippen LogP contribution < -0.4 is 14.8 Å². The summed E-state index contributed by atoms with van der Waals surface area (Å²) in [5, 5.41) is 14.4. The van der Waals surface area contributed by atoms with Crippen LogP contribution in [-0.4, -0.2) is 28.5 Å². The lowest BCUT2D eigenvalue weighted by Gasteiger charge is -2.30. The van der Waals surface area contributed by atoms with Crippen LogP contribution in [0, 0.1) is 18.7 Å². The van der Waals surface area contributed by atoms with Gasteiger partial charge in [-0.1, -0.05) is 30.3 Å². The second-order valence-electron chi connectivity index (χ2n) is 10.2. The molecule has 212 valence electrons. The third-order valence-corrected chi connectivity index (χ3v) is 8.27. The van der Waals surface area contributed by atoms with Gasteiger partial charge in [0.1, 0.15) is 28.9 Å². The fourth-order valence-electron chi connectivity index (χ4n) is 5.06. The maximum Gasteiger partial charge on any atom is 0.258 e. The van der Waals surface area contributed by atoms with Gasteiger partial charge in [0.05, 0.1) is 22.9 Å². The van der Waals surface area contributed by atoms with Gasteiger partial charge in [-0.2, -0.15) is 0 Å². The molecule has 0 bridgehead atoms. The first kappa shape index (κ1) is 27.6. The predicted octanol–water partition coefficient (Wildman–Crippen LogP) is 6.18. The fourth-order valence-corrected chi connectivity index (χ4v) is 5.92. The zero-order chi connectivity index (χ0) is 29.2. The number of halogens is 1. The van der Waals surface area contributed by atoms with Crippen molar-refractivity contribution in [3.63, 3.8) is 0 Å². The molecule has 0 fully saturated rings. The van der Waals surface area contributed by atoms with Gasteiger partial charge in [-0.15, -0.1) is 11.3 Å². The number of ether oxygens (including phenoxy) is 2. The fraction of sp³-hybridized carbons (Fsp3) is 0.182. The van der Waals surface area contributed by atoms with Crippen LogP contribution in [0.2, 0.25) is 0 Å². The lowest BCUT2D eigenvalue weighted by atomic mass is 9.87. The molecule has 0 radical (unpaired) electrons. The number of hydrogen-bond donors (Lipinski definition) is 2. The molecular formula is C33H27FN2O5S. The number of thiazole rings is 1. The molecule has 7 nitrogen and oxygen atoms in total. The highest BCUT2D eigenvalue weighted by Gasteiger charge is 2.30. The van der Waals surface area contributed by atoms with Crippen molar-refractivity contribution in [1.82, 2.24) is 10.3 Å². The molecule has 1 aliphatic rings. The molecular weight excluding hydrogens is 555 g/mol. The quantitative estimate of drug-likeness (QED) is 0.223. The zero-order valence-corrected chi connectivity index (χ0v) is 23.5. The minimum Gasteiger partial charge on any atom is -0.493 e. The molecule has 1 aromatic heterocycles. The van der Waals surface area contributed by atoms with Crippen LogP contribution in [0.4, 0.5) is 4.39 Å². The van der Waals surface area contributed by atoms with Crippen LogP contribution in [0.3, 0.4) is 0 Å². The van der Waals surface area contributed by atoms with Gasteiger partial charge >= 0.3 is 0 Å². The average Bonchev–Trinajstić information content (AvgIpc) is 3.40. The number of aliphatic hydroxyl groups excluding tert-OH is 1. The van der Waals surface area contributed by atoms with E-state index in [1.54, 1.807) is 54.6 Å². The number of aliphatic hydroxyl groups is 1. The van der Waals surface area contributed by atoms with E-state index in [0.717, 1.165) is 15.8 Å². The summed E-state index contributed by atoms with van der Waals surface area (Å²) < 4.78 is 26.3. The highest BCUT2D eigenvalue weighted by atomic mass is 32.1. The van der Waals surface area contributed by atoms with Crippen molar-refractivity contribution in [2.45, 2.75) is 26.1 Å². The SMILES string of the molecule is Cc1ccccc1C(=O)NC(=O)c1cccc(CC2COc3ccc(OCc4nc5cc(F)ccc5s4)cc3C2O)c1. The monoisotopic (exact) mass is 582 g/mol. The molecule has 42 heavy (non-hydrogen) atoms. The third-order valence-electron chi connectivity index (χ3n) is 7.26. The minimum absolute atomic E-state index is 0.210. The minimum atomic E-state index is -0.817. The maximum atomic E-state index is 13.5. The molecule has 2 heterocycles. The van der Waals surface area contributed by atoms with Crippen molar-refractivity contribution < 1.29 is 28.6 Å². The molecule has 2 amide bonds. The van der Waals surface area contributed by atoms with E-state index in [9.17, 15) is 19.1 Å². The molecule has 5 aromatic rings. The Bertz CT molecular complexity index is 1800. The number of amides is 2. The van der Waals surface area contributed by atoms with Gasteiger partial charge in [0.25, 0.3) is 11.8 Å². The summed E-state index contributed by atoms with van der Waals surface area (Å²) in [5.41, 5.74) is 3.63. The number of nitrogens with one attached hydrogen (secondary N) is 1. The lowest BCUT2D eigenvalue weighted by molar-refractivity contribution is 0.0504. The van der Waals surface area contributed by atoms with Gasteiger partial charge < -0.3 is 14.6 Å². The van der Waals surface area contributed by atoms with E-state index < -0.39 is 17.9 Å². The number of carbonyl (C=O) groups excluding carboxylic acids is 2. The summed E-state index contributed by atoms with van der Waals surface area (Å²) >= 11 is 1.44. The summed E-state index contributed by atoms with van der Waals surface area (Å²) in [6.45, 7) is 2.33. The number of aromatic nitrogens is 1. The number of aryl methyl sites for hydroxylation is 1. The van der Waals surface area contributed by atoms with Crippen molar-refractivity contribution in [3.05, 3.63) is 124 Å². The van der Waals surface area contributed by atoms with Crippen molar-refractivity contribution in [2.75, 3.05) is 6.61 Å². The Morgan fingerprint density at radius 1 is 1.05 bits per heavy atom. The van der Waals surface area contributed by atoms with E-state index in [1.807, 2.05) is 25.1 Å². The molecule has 6 rings (SSSR count). The van der Waals surface area contributed by atoms with Crippen LogP contribution in [0.15, 0.2) is 84.9 Å². The summed E-state index contributed by atoms with van der Waals surface area (Å²) in [6.07, 6.45) is -0.358. The molecule has 9 heteroatoms. The van der Waals surface area contributed by atoms with E-state index >= 15 is 0 Å². The number of rotatable bonds is 7. The molecule has 1 aliphatic heterocycles. The van der Waals surface area contributed by atoms with Gasteiger partial charge in [0, 0.05) is 28.7 Å². The molecule has 0 aliphatic carbocycles. The van der Waals surface area contributed by atoms with Crippen molar-refractivity contribution in [3.8, 4) is 11.5 Å². The molecule has 2 unspecified atom stereocenters. The normalized spacial score (nSPS) is 16.0. The number of carbonyl (C=O) groups is 2. The van der Waals surface area contributed by atoms with Gasteiger partial charge in [-0.05, 0) is 73.0 Å². The largest absolute Gasteiger partial charge is 0.493 e. The van der Waals surface area contributed by atoms with Crippen LogP contribution >= 0.6 is 11.3 Å².